The number of rotatable bonds is 8. The van der Waals surface area contributed by atoms with Crippen molar-refractivity contribution in [3.05, 3.63) is 29.8 Å². The highest BCUT2D eigenvalue weighted by molar-refractivity contribution is 7.89. The van der Waals surface area contributed by atoms with Crippen LogP contribution in [0.3, 0.4) is 0 Å². The Labute approximate surface area is 150 Å². The highest BCUT2D eigenvalue weighted by atomic mass is 32.2. The van der Waals surface area contributed by atoms with E-state index < -0.39 is 10.0 Å². The lowest BCUT2D eigenvalue weighted by molar-refractivity contribution is 0.0951. The molecule has 1 heterocycles. The van der Waals surface area contributed by atoms with Gasteiger partial charge in [0.2, 0.25) is 10.0 Å². The highest BCUT2D eigenvalue weighted by Gasteiger charge is 2.27. The quantitative estimate of drug-likeness (QED) is 0.688. The fourth-order valence-electron chi connectivity index (χ4n) is 3.06. The summed E-state index contributed by atoms with van der Waals surface area (Å²) in [6.07, 6.45) is 6.61. The molecule has 6 nitrogen and oxygen atoms in total. The first-order valence-electron chi connectivity index (χ1n) is 9.17. The third-order valence-corrected chi connectivity index (χ3v) is 6.25. The molecule has 2 aliphatic rings. The van der Waals surface area contributed by atoms with E-state index in [2.05, 4.69) is 14.9 Å². The normalized spacial score (nSPS) is 18.9. The van der Waals surface area contributed by atoms with Gasteiger partial charge in [-0.05, 0) is 76.0 Å². The Bertz CT molecular complexity index is 678. The number of hydrogen-bond donors (Lipinski definition) is 2. The molecule has 1 saturated carbocycles. The van der Waals surface area contributed by atoms with Crippen molar-refractivity contribution >= 4 is 15.9 Å². The lowest BCUT2D eigenvalue weighted by atomic mass is 10.1. The van der Waals surface area contributed by atoms with Crippen LogP contribution in [0, 0.1) is 0 Å². The zero-order chi connectivity index (χ0) is 17.7. The van der Waals surface area contributed by atoms with Crippen LogP contribution in [0.15, 0.2) is 29.2 Å². The fraction of sp³-hybridized carbons (Fsp3) is 0.611. The molecule has 25 heavy (non-hydrogen) atoms. The van der Waals surface area contributed by atoms with E-state index in [0.29, 0.717) is 12.1 Å². The number of carbonyl (C=O) groups is 1. The number of amides is 1. The van der Waals surface area contributed by atoms with Gasteiger partial charge in [0.15, 0.2) is 0 Å². The molecule has 0 unspecified atom stereocenters. The molecule has 1 aliphatic carbocycles. The molecule has 0 aromatic heterocycles. The van der Waals surface area contributed by atoms with Gasteiger partial charge in [0.1, 0.15) is 0 Å². The molecule has 1 saturated heterocycles. The largest absolute Gasteiger partial charge is 0.352 e. The van der Waals surface area contributed by atoms with Crippen molar-refractivity contribution in [3.8, 4) is 0 Å². The number of hydrogen-bond acceptors (Lipinski definition) is 4. The van der Waals surface area contributed by atoms with Gasteiger partial charge in [-0.25, -0.2) is 13.1 Å². The fourth-order valence-corrected chi connectivity index (χ4v) is 4.37. The lowest BCUT2D eigenvalue weighted by Gasteiger charge is -2.26. The first-order chi connectivity index (χ1) is 12.0. The zero-order valence-electron chi connectivity index (χ0n) is 14.5. The highest BCUT2D eigenvalue weighted by Crippen LogP contribution is 2.22. The van der Waals surface area contributed by atoms with Crippen molar-refractivity contribution in [2.75, 3.05) is 26.2 Å². The average Bonchev–Trinajstić information content (AvgIpc) is 3.43. The van der Waals surface area contributed by atoms with Gasteiger partial charge in [-0.3, -0.25) is 4.79 Å². The predicted molar refractivity (Wildman–Crippen MR) is 97.0 cm³/mol. The lowest BCUT2D eigenvalue weighted by Crippen LogP contribution is -2.33. The number of nitrogens with zero attached hydrogens (tertiary/aromatic N) is 1. The molecule has 1 aliphatic heterocycles. The minimum atomic E-state index is -3.46. The number of likely N-dealkylation sites (tertiary alicyclic amines) is 1. The Morgan fingerprint density at radius 3 is 2.40 bits per heavy atom. The minimum Gasteiger partial charge on any atom is -0.352 e. The maximum atomic E-state index is 12.2. The van der Waals surface area contributed by atoms with Crippen LogP contribution in [-0.2, 0) is 10.0 Å². The van der Waals surface area contributed by atoms with E-state index in [-0.39, 0.29) is 16.8 Å². The second-order valence-corrected chi connectivity index (χ2v) is 8.65. The Kier molecular flexibility index (Phi) is 6.09. The van der Waals surface area contributed by atoms with E-state index in [9.17, 15) is 13.2 Å². The SMILES string of the molecule is O=C(NCCCN1CCCCC1)c1ccc(S(=O)(=O)NC2CC2)cc1. The Morgan fingerprint density at radius 2 is 1.76 bits per heavy atom. The molecule has 7 heteroatoms. The molecule has 138 valence electrons. The molecule has 0 radical (unpaired) electrons. The smallest absolute Gasteiger partial charge is 0.251 e. The molecule has 2 N–H and O–H groups in total. The molecule has 0 bridgehead atoms. The van der Waals surface area contributed by atoms with Gasteiger partial charge in [0.05, 0.1) is 4.90 Å². The Morgan fingerprint density at radius 1 is 1.08 bits per heavy atom. The molecule has 0 atom stereocenters. The van der Waals surface area contributed by atoms with Gasteiger partial charge in [0, 0.05) is 18.2 Å². The van der Waals surface area contributed by atoms with Crippen LogP contribution in [0.1, 0.15) is 48.9 Å². The summed E-state index contributed by atoms with van der Waals surface area (Å²) in [5.41, 5.74) is 0.489. The molecule has 1 aromatic carbocycles. The van der Waals surface area contributed by atoms with Crippen LogP contribution in [-0.4, -0.2) is 51.4 Å². The summed E-state index contributed by atoms with van der Waals surface area (Å²) >= 11 is 0. The summed E-state index contributed by atoms with van der Waals surface area (Å²) in [6.45, 7) is 3.99. The van der Waals surface area contributed by atoms with E-state index in [0.717, 1.165) is 25.8 Å². The van der Waals surface area contributed by atoms with Crippen molar-refractivity contribution < 1.29 is 13.2 Å². The second-order valence-electron chi connectivity index (χ2n) is 6.93. The van der Waals surface area contributed by atoms with Crippen molar-refractivity contribution in [3.63, 3.8) is 0 Å². The second kappa shape index (κ2) is 8.29. The van der Waals surface area contributed by atoms with Crippen molar-refractivity contribution in [1.82, 2.24) is 14.9 Å². The van der Waals surface area contributed by atoms with E-state index in [1.807, 2.05) is 0 Å². The standard InChI is InChI=1S/C18H27N3O3S/c22-18(19-11-4-14-21-12-2-1-3-13-21)15-5-9-17(10-6-15)25(23,24)20-16-7-8-16/h5-6,9-10,16,20H,1-4,7-8,11-14H2,(H,19,22). The third-order valence-electron chi connectivity index (χ3n) is 4.71. The van der Waals surface area contributed by atoms with Crippen molar-refractivity contribution in [2.24, 2.45) is 0 Å². The molecule has 0 spiro atoms. The van der Waals surface area contributed by atoms with Gasteiger partial charge in [0.25, 0.3) is 5.91 Å². The molecule has 1 amide bonds. The molecule has 3 rings (SSSR count). The van der Waals surface area contributed by atoms with Crippen LogP contribution in [0.5, 0.6) is 0 Å². The van der Waals surface area contributed by atoms with Crippen LogP contribution in [0.2, 0.25) is 0 Å². The number of carbonyl (C=O) groups excluding carboxylic acids is 1. The number of sulfonamides is 1. The van der Waals surface area contributed by atoms with Gasteiger partial charge in [-0.2, -0.15) is 0 Å². The average molecular weight is 365 g/mol. The van der Waals surface area contributed by atoms with Gasteiger partial charge in [-0.15, -0.1) is 0 Å². The molecular formula is C18H27N3O3S. The summed E-state index contributed by atoms with van der Waals surface area (Å²) in [5.74, 6) is -0.155. The third kappa shape index (κ3) is 5.52. The molecule has 2 fully saturated rings. The zero-order valence-corrected chi connectivity index (χ0v) is 15.4. The van der Waals surface area contributed by atoms with Gasteiger partial charge >= 0.3 is 0 Å². The van der Waals surface area contributed by atoms with E-state index >= 15 is 0 Å². The maximum absolute atomic E-state index is 12.2. The van der Waals surface area contributed by atoms with Crippen LogP contribution in [0.25, 0.3) is 0 Å². The summed E-state index contributed by atoms with van der Waals surface area (Å²) in [5, 5.41) is 2.91. The maximum Gasteiger partial charge on any atom is 0.251 e. The monoisotopic (exact) mass is 365 g/mol. The first-order valence-corrected chi connectivity index (χ1v) is 10.7. The predicted octanol–water partition coefficient (Wildman–Crippen LogP) is 1.73. The topological polar surface area (TPSA) is 78.5 Å². The molecule has 1 aromatic rings. The minimum absolute atomic E-state index is 0.0767. The van der Waals surface area contributed by atoms with Crippen molar-refractivity contribution in [1.29, 1.82) is 0 Å². The number of piperidine rings is 1. The Hall–Kier alpha value is -1.44. The van der Waals surface area contributed by atoms with Crippen LogP contribution < -0.4 is 10.0 Å². The number of benzene rings is 1. The van der Waals surface area contributed by atoms with Crippen LogP contribution >= 0.6 is 0 Å². The Balaban J connectivity index is 1.44. The summed E-state index contributed by atoms with van der Waals surface area (Å²) in [4.78, 5) is 14.8. The summed E-state index contributed by atoms with van der Waals surface area (Å²) in [6, 6.07) is 6.21. The van der Waals surface area contributed by atoms with E-state index in [1.54, 1.807) is 12.1 Å². The number of nitrogens with one attached hydrogen (secondary N) is 2. The van der Waals surface area contributed by atoms with E-state index in [1.165, 1.54) is 44.5 Å². The summed E-state index contributed by atoms with van der Waals surface area (Å²) in [7, 11) is -3.46. The summed E-state index contributed by atoms with van der Waals surface area (Å²) < 4.78 is 26.9. The van der Waals surface area contributed by atoms with Crippen LogP contribution in [0.4, 0.5) is 0 Å². The molecular weight excluding hydrogens is 338 g/mol. The first kappa shape index (κ1) is 18.4. The van der Waals surface area contributed by atoms with E-state index in [4.69, 9.17) is 0 Å². The van der Waals surface area contributed by atoms with Gasteiger partial charge < -0.3 is 10.2 Å². The van der Waals surface area contributed by atoms with Crippen molar-refractivity contribution in [2.45, 2.75) is 49.5 Å². The van der Waals surface area contributed by atoms with Gasteiger partial charge in [-0.1, -0.05) is 6.42 Å².